The number of ether oxygens (including phenoxy) is 2. The Hall–Kier alpha value is -2.58. The summed E-state index contributed by atoms with van der Waals surface area (Å²) in [5, 5.41) is 22.1. The molecule has 2 unspecified atom stereocenters. The molecule has 1 aromatic heterocycles. The fraction of sp³-hybridized carbons (Fsp3) is 0.368. The number of amides is 1. The molecule has 27 heavy (non-hydrogen) atoms. The molecule has 0 bridgehead atoms. The van der Waals surface area contributed by atoms with Gasteiger partial charge >= 0.3 is 7.12 Å². The fourth-order valence-corrected chi connectivity index (χ4v) is 3.18. The lowest BCUT2D eigenvalue weighted by Gasteiger charge is -2.20. The highest BCUT2D eigenvalue weighted by Gasteiger charge is 2.32. The van der Waals surface area contributed by atoms with Crippen molar-refractivity contribution < 1.29 is 24.3 Å². The summed E-state index contributed by atoms with van der Waals surface area (Å²) in [6.07, 6.45) is 1.99. The topological polar surface area (TPSA) is 101 Å². The molecule has 142 valence electrons. The summed E-state index contributed by atoms with van der Waals surface area (Å²) in [5.41, 5.74) is 1.60. The monoisotopic (exact) mass is 370 g/mol. The van der Waals surface area contributed by atoms with Crippen LogP contribution in [0.15, 0.2) is 42.6 Å². The third kappa shape index (κ3) is 4.99. The molecule has 0 saturated heterocycles. The van der Waals surface area contributed by atoms with Gasteiger partial charge in [0.2, 0.25) is 5.91 Å². The first-order valence-electron chi connectivity index (χ1n) is 9.01. The van der Waals surface area contributed by atoms with Crippen molar-refractivity contribution in [2.45, 2.75) is 31.6 Å². The summed E-state index contributed by atoms with van der Waals surface area (Å²) in [5.74, 6) is 0.331. The number of hydrogen-bond donors (Lipinski definition) is 3. The Morgan fingerprint density at radius 1 is 1.37 bits per heavy atom. The van der Waals surface area contributed by atoms with Crippen LogP contribution in [0, 0.1) is 0 Å². The van der Waals surface area contributed by atoms with Crippen LogP contribution >= 0.6 is 0 Å². The van der Waals surface area contributed by atoms with E-state index >= 15 is 0 Å². The van der Waals surface area contributed by atoms with Gasteiger partial charge in [0.1, 0.15) is 11.5 Å². The zero-order valence-electron chi connectivity index (χ0n) is 15.2. The van der Waals surface area contributed by atoms with Gasteiger partial charge in [-0.3, -0.25) is 9.78 Å². The van der Waals surface area contributed by atoms with Crippen LogP contribution in [0.25, 0.3) is 0 Å². The summed E-state index contributed by atoms with van der Waals surface area (Å²) in [7, 11) is -1.66. The average Bonchev–Trinajstić information content (AvgIpc) is 3.06. The molecule has 2 aromatic rings. The van der Waals surface area contributed by atoms with E-state index in [4.69, 9.17) is 9.47 Å². The Morgan fingerprint density at radius 2 is 2.19 bits per heavy atom. The van der Waals surface area contributed by atoms with Crippen LogP contribution in [0.5, 0.6) is 11.5 Å². The molecule has 0 aliphatic carbocycles. The molecule has 3 N–H and O–H groups in total. The normalized spacial score (nSPS) is 16.2. The van der Waals surface area contributed by atoms with E-state index in [-0.39, 0.29) is 18.2 Å². The number of aromatic nitrogens is 1. The average molecular weight is 370 g/mol. The van der Waals surface area contributed by atoms with E-state index in [9.17, 15) is 14.8 Å². The van der Waals surface area contributed by atoms with E-state index in [2.05, 4.69) is 10.3 Å². The zero-order chi connectivity index (χ0) is 19.2. The largest absolute Gasteiger partial charge is 0.493 e. The number of carbonyl (C=O) groups excluding carboxylic acids is 1. The SMILES string of the molecule is CCOc1ccc(CC(=O)NC(CC2COc3ccccc32)B(O)O)nc1. The number of fused-ring (bicyclic) bond motifs is 1. The molecule has 8 heteroatoms. The van der Waals surface area contributed by atoms with Gasteiger partial charge in [0, 0.05) is 17.2 Å². The third-order valence-corrected chi connectivity index (χ3v) is 4.49. The van der Waals surface area contributed by atoms with Crippen LogP contribution in [-0.4, -0.2) is 47.2 Å². The van der Waals surface area contributed by atoms with Crippen molar-refractivity contribution >= 4 is 13.0 Å². The number of benzene rings is 1. The maximum absolute atomic E-state index is 12.3. The van der Waals surface area contributed by atoms with Crippen molar-refractivity contribution in [2.24, 2.45) is 0 Å². The summed E-state index contributed by atoms with van der Waals surface area (Å²) in [6.45, 7) is 2.89. The lowest BCUT2D eigenvalue weighted by molar-refractivity contribution is -0.121. The van der Waals surface area contributed by atoms with Crippen molar-refractivity contribution in [1.29, 1.82) is 0 Å². The summed E-state index contributed by atoms with van der Waals surface area (Å²) < 4.78 is 10.9. The molecule has 7 nitrogen and oxygen atoms in total. The number of pyridine rings is 1. The molecule has 1 aliphatic heterocycles. The summed E-state index contributed by atoms with van der Waals surface area (Å²) in [6, 6.07) is 11.1. The van der Waals surface area contributed by atoms with Crippen LogP contribution in [0.2, 0.25) is 0 Å². The first-order valence-corrected chi connectivity index (χ1v) is 9.01. The van der Waals surface area contributed by atoms with Gasteiger partial charge in [-0.25, -0.2) is 0 Å². The van der Waals surface area contributed by atoms with E-state index in [1.807, 2.05) is 31.2 Å². The quantitative estimate of drug-likeness (QED) is 0.602. The van der Waals surface area contributed by atoms with Gasteiger partial charge in [0.25, 0.3) is 0 Å². The first kappa shape index (κ1) is 19.2. The number of nitrogens with zero attached hydrogens (tertiary/aromatic N) is 1. The number of nitrogens with one attached hydrogen (secondary N) is 1. The van der Waals surface area contributed by atoms with Crippen LogP contribution in [0.4, 0.5) is 0 Å². The summed E-state index contributed by atoms with van der Waals surface area (Å²) >= 11 is 0. The zero-order valence-corrected chi connectivity index (χ0v) is 15.2. The Balaban J connectivity index is 1.58. The smallest absolute Gasteiger partial charge is 0.475 e. The second-order valence-corrected chi connectivity index (χ2v) is 6.46. The maximum Gasteiger partial charge on any atom is 0.475 e. The molecule has 1 aliphatic rings. The van der Waals surface area contributed by atoms with E-state index in [0.717, 1.165) is 11.3 Å². The van der Waals surface area contributed by atoms with Crippen molar-refractivity contribution in [3.05, 3.63) is 53.9 Å². The Labute approximate surface area is 158 Å². The van der Waals surface area contributed by atoms with Gasteiger partial charge in [-0.15, -0.1) is 0 Å². The van der Waals surface area contributed by atoms with Gasteiger partial charge in [0.05, 0.1) is 31.8 Å². The molecule has 3 rings (SSSR count). The minimum absolute atomic E-state index is 0.00287. The van der Waals surface area contributed by atoms with Crippen LogP contribution in [0.1, 0.15) is 30.5 Å². The van der Waals surface area contributed by atoms with E-state index in [1.54, 1.807) is 18.3 Å². The van der Waals surface area contributed by atoms with Gasteiger partial charge < -0.3 is 24.8 Å². The van der Waals surface area contributed by atoms with Gasteiger partial charge in [-0.2, -0.15) is 0 Å². The van der Waals surface area contributed by atoms with E-state index in [1.165, 1.54) is 0 Å². The van der Waals surface area contributed by atoms with Crippen molar-refractivity contribution in [3.8, 4) is 11.5 Å². The minimum Gasteiger partial charge on any atom is -0.493 e. The predicted octanol–water partition coefficient (Wildman–Crippen LogP) is 1.09. The van der Waals surface area contributed by atoms with E-state index in [0.29, 0.717) is 31.1 Å². The van der Waals surface area contributed by atoms with Crippen LogP contribution < -0.4 is 14.8 Å². The molecule has 0 spiro atoms. The molecule has 0 radical (unpaired) electrons. The molecular weight excluding hydrogens is 347 g/mol. The Bertz CT molecular complexity index is 769. The summed E-state index contributed by atoms with van der Waals surface area (Å²) in [4.78, 5) is 16.5. The van der Waals surface area contributed by atoms with Gasteiger partial charge in [-0.05, 0) is 31.5 Å². The highest BCUT2D eigenvalue weighted by Crippen LogP contribution is 2.36. The lowest BCUT2D eigenvalue weighted by atomic mass is 9.73. The lowest BCUT2D eigenvalue weighted by Crippen LogP contribution is -2.48. The van der Waals surface area contributed by atoms with Gasteiger partial charge in [-0.1, -0.05) is 18.2 Å². The standard InChI is InChI=1S/C19H23BN2O5/c1-2-26-15-8-7-14(21-11-15)10-19(23)22-18(20(24)25)9-13-12-27-17-6-4-3-5-16(13)17/h3-8,11,13,18,24-25H,2,9-10,12H2,1H3,(H,22,23). The highest BCUT2D eigenvalue weighted by atomic mass is 16.5. The molecule has 1 amide bonds. The number of rotatable bonds is 8. The molecule has 2 heterocycles. The molecule has 1 aromatic carbocycles. The van der Waals surface area contributed by atoms with E-state index < -0.39 is 13.1 Å². The van der Waals surface area contributed by atoms with Crippen molar-refractivity contribution in [2.75, 3.05) is 13.2 Å². The number of hydrogen-bond acceptors (Lipinski definition) is 6. The van der Waals surface area contributed by atoms with Gasteiger partial charge in [0.15, 0.2) is 0 Å². The molecular formula is C19H23BN2O5. The highest BCUT2D eigenvalue weighted by molar-refractivity contribution is 6.43. The molecule has 0 fully saturated rings. The van der Waals surface area contributed by atoms with Crippen molar-refractivity contribution in [1.82, 2.24) is 10.3 Å². The Kier molecular flexibility index (Phi) is 6.31. The van der Waals surface area contributed by atoms with Crippen molar-refractivity contribution in [3.63, 3.8) is 0 Å². The maximum atomic E-state index is 12.3. The second-order valence-electron chi connectivity index (χ2n) is 6.46. The number of carbonyl (C=O) groups is 1. The Morgan fingerprint density at radius 3 is 2.89 bits per heavy atom. The fourth-order valence-electron chi connectivity index (χ4n) is 3.18. The molecule has 2 atom stereocenters. The minimum atomic E-state index is -1.66. The first-order chi connectivity index (χ1) is 13.1. The van der Waals surface area contributed by atoms with Crippen LogP contribution in [0.3, 0.4) is 0 Å². The second kappa shape index (κ2) is 8.88. The molecule has 0 saturated carbocycles. The third-order valence-electron chi connectivity index (χ3n) is 4.49. The number of para-hydroxylation sites is 1. The predicted molar refractivity (Wildman–Crippen MR) is 101 cm³/mol. The van der Waals surface area contributed by atoms with Crippen LogP contribution in [-0.2, 0) is 11.2 Å².